The normalized spacial score (nSPS) is 10.9. The van der Waals surface area contributed by atoms with E-state index in [1.807, 2.05) is 42.5 Å². The number of carboxylic acids is 1. The van der Waals surface area contributed by atoms with Gasteiger partial charge in [-0.3, -0.25) is 9.59 Å². The fourth-order valence-corrected chi connectivity index (χ4v) is 2.92. The van der Waals surface area contributed by atoms with Crippen molar-refractivity contribution in [2.45, 2.75) is 26.2 Å². The minimum Gasteiger partial charge on any atom is -0.481 e. The maximum absolute atomic E-state index is 12.1. The molecule has 3 aromatic carbocycles. The first-order valence-corrected chi connectivity index (χ1v) is 7.96. The molecule has 0 aromatic heterocycles. The van der Waals surface area contributed by atoms with Gasteiger partial charge >= 0.3 is 11.9 Å². The molecule has 3 aromatic rings. The number of carboxylic acid groups (broad SMARTS) is 1. The first kappa shape index (κ1) is 16.0. The van der Waals surface area contributed by atoms with Crippen molar-refractivity contribution in [2.75, 3.05) is 0 Å². The second kappa shape index (κ2) is 6.71. The van der Waals surface area contributed by atoms with Crippen LogP contribution in [-0.4, -0.2) is 17.0 Å². The molecule has 0 aliphatic rings. The molecule has 0 saturated carbocycles. The molecule has 0 unspecified atom stereocenters. The number of carbonyl (C=O) groups excluding carboxylic acids is 1. The van der Waals surface area contributed by atoms with Crippen molar-refractivity contribution in [1.82, 2.24) is 0 Å². The summed E-state index contributed by atoms with van der Waals surface area (Å²) in [5, 5.41) is 12.5. The summed E-state index contributed by atoms with van der Waals surface area (Å²) >= 11 is 0. The summed E-state index contributed by atoms with van der Waals surface area (Å²) < 4.78 is 5.63. The van der Waals surface area contributed by atoms with Crippen LogP contribution in [0.15, 0.2) is 48.5 Å². The van der Waals surface area contributed by atoms with Gasteiger partial charge in [0.25, 0.3) is 0 Å². The Hall–Kier alpha value is -2.88. The Morgan fingerprint density at radius 1 is 1.00 bits per heavy atom. The molecule has 0 bridgehead atoms. The predicted octanol–water partition coefficient (Wildman–Crippen LogP) is 4.33. The number of fused-ring (bicyclic) bond motifs is 2. The zero-order chi connectivity index (χ0) is 17.1. The van der Waals surface area contributed by atoms with E-state index in [1.165, 1.54) is 0 Å². The van der Waals surface area contributed by atoms with Crippen molar-refractivity contribution < 1.29 is 19.4 Å². The molecule has 0 amide bonds. The number of ether oxygens (including phenoxy) is 1. The molecule has 1 N–H and O–H groups in total. The van der Waals surface area contributed by atoms with Gasteiger partial charge in [0.2, 0.25) is 0 Å². The van der Waals surface area contributed by atoms with E-state index in [-0.39, 0.29) is 12.8 Å². The zero-order valence-corrected chi connectivity index (χ0v) is 13.4. The third-order valence-electron chi connectivity index (χ3n) is 4.07. The number of aryl methyl sites for hydroxylation is 1. The van der Waals surface area contributed by atoms with Crippen LogP contribution in [0, 0.1) is 0 Å². The van der Waals surface area contributed by atoms with E-state index in [0.717, 1.165) is 33.5 Å². The average molecular weight is 322 g/mol. The molecule has 4 nitrogen and oxygen atoms in total. The van der Waals surface area contributed by atoms with Gasteiger partial charge in [-0.1, -0.05) is 49.4 Å². The zero-order valence-electron chi connectivity index (χ0n) is 13.4. The summed E-state index contributed by atoms with van der Waals surface area (Å²) in [5.74, 6) is -1.01. The van der Waals surface area contributed by atoms with Crippen LogP contribution in [-0.2, 0) is 16.0 Å². The molecular formula is C20H18O4. The van der Waals surface area contributed by atoms with Crippen molar-refractivity contribution in [1.29, 1.82) is 0 Å². The molecule has 0 saturated heterocycles. The monoisotopic (exact) mass is 322 g/mol. The van der Waals surface area contributed by atoms with Crippen LogP contribution in [0.4, 0.5) is 0 Å². The second-order valence-electron chi connectivity index (χ2n) is 5.66. The van der Waals surface area contributed by atoms with Crippen LogP contribution in [0.2, 0.25) is 0 Å². The largest absolute Gasteiger partial charge is 0.481 e. The molecule has 4 heteroatoms. The van der Waals surface area contributed by atoms with Crippen LogP contribution in [0.25, 0.3) is 21.5 Å². The van der Waals surface area contributed by atoms with E-state index >= 15 is 0 Å². The molecule has 0 aliphatic carbocycles. The lowest BCUT2D eigenvalue weighted by molar-refractivity contribution is -0.142. The Bertz CT molecular complexity index is 927. The van der Waals surface area contributed by atoms with Crippen LogP contribution >= 0.6 is 0 Å². The van der Waals surface area contributed by atoms with Crippen LogP contribution in [0.1, 0.15) is 25.3 Å². The van der Waals surface area contributed by atoms with E-state index in [9.17, 15) is 9.59 Å². The molecule has 0 atom stereocenters. The SMILES string of the molecule is CCc1cccc2cc3ccccc3c(OC(=O)CCC(=O)O)c12. The Morgan fingerprint density at radius 2 is 1.75 bits per heavy atom. The highest BCUT2D eigenvalue weighted by atomic mass is 16.5. The maximum atomic E-state index is 12.1. The van der Waals surface area contributed by atoms with E-state index in [4.69, 9.17) is 9.84 Å². The highest BCUT2D eigenvalue weighted by molar-refractivity contribution is 6.07. The Balaban J connectivity index is 2.17. The standard InChI is InChI=1S/C20H18O4/c1-2-13-7-5-8-15-12-14-6-3-4-9-16(14)20(19(13)15)24-18(23)11-10-17(21)22/h3-9,12H,2,10-11H2,1H3,(H,21,22). The molecule has 122 valence electrons. The minimum absolute atomic E-state index is 0.145. The Morgan fingerprint density at radius 3 is 2.50 bits per heavy atom. The number of benzene rings is 3. The van der Waals surface area contributed by atoms with Crippen molar-refractivity contribution in [2.24, 2.45) is 0 Å². The third kappa shape index (κ3) is 3.08. The summed E-state index contributed by atoms with van der Waals surface area (Å²) in [5.41, 5.74) is 1.10. The van der Waals surface area contributed by atoms with Crippen LogP contribution in [0.5, 0.6) is 5.75 Å². The second-order valence-corrected chi connectivity index (χ2v) is 5.66. The first-order valence-electron chi connectivity index (χ1n) is 7.96. The molecule has 0 heterocycles. The molecule has 0 aliphatic heterocycles. The number of aliphatic carboxylic acids is 1. The van der Waals surface area contributed by atoms with Gasteiger partial charge in [0.1, 0.15) is 5.75 Å². The molecule has 24 heavy (non-hydrogen) atoms. The lowest BCUT2D eigenvalue weighted by Crippen LogP contribution is -2.11. The number of carbonyl (C=O) groups is 2. The molecule has 0 radical (unpaired) electrons. The fraction of sp³-hybridized carbons (Fsp3) is 0.200. The number of hydrogen-bond donors (Lipinski definition) is 1. The lowest BCUT2D eigenvalue weighted by Gasteiger charge is -2.14. The summed E-state index contributed by atoms with van der Waals surface area (Å²) in [6.07, 6.45) is 0.436. The van der Waals surface area contributed by atoms with Crippen LogP contribution in [0.3, 0.4) is 0 Å². The lowest BCUT2D eigenvalue weighted by atomic mass is 9.97. The van der Waals surface area contributed by atoms with Gasteiger partial charge in [-0.15, -0.1) is 0 Å². The summed E-state index contributed by atoms with van der Waals surface area (Å²) in [7, 11) is 0. The van der Waals surface area contributed by atoms with Gasteiger partial charge in [-0.2, -0.15) is 0 Å². The van der Waals surface area contributed by atoms with Gasteiger partial charge in [0, 0.05) is 10.8 Å². The van der Waals surface area contributed by atoms with Gasteiger partial charge in [-0.25, -0.2) is 0 Å². The van der Waals surface area contributed by atoms with Crippen LogP contribution < -0.4 is 4.74 Å². The van der Waals surface area contributed by atoms with E-state index < -0.39 is 11.9 Å². The smallest absolute Gasteiger partial charge is 0.311 e. The van der Waals surface area contributed by atoms with Crippen molar-refractivity contribution in [3.05, 3.63) is 54.1 Å². The summed E-state index contributed by atoms with van der Waals surface area (Å²) in [6, 6.07) is 15.8. The molecule has 3 rings (SSSR count). The Labute approximate surface area is 139 Å². The topological polar surface area (TPSA) is 63.6 Å². The van der Waals surface area contributed by atoms with Crippen molar-refractivity contribution in [3.8, 4) is 5.75 Å². The minimum atomic E-state index is -1.01. The number of rotatable bonds is 5. The average Bonchev–Trinajstić information content (AvgIpc) is 2.59. The van der Waals surface area contributed by atoms with Gasteiger partial charge in [0.15, 0.2) is 0 Å². The van der Waals surface area contributed by atoms with Gasteiger partial charge in [0.05, 0.1) is 12.8 Å². The quantitative estimate of drug-likeness (QED) is 0.431. The van der Waals surface area contributed by atoms with E-state index in [1.54, 1.807) is 0 Å². The van der Waals surface area contributed by atoms with E-state index in [2.05, 4.69) is 13.0 Å². The highest BCUT2D eigenvalue weighted by Crippen LogP contribution is 2.37. The molecular weight excluding hydrogens is 304 g/mol. The number of esters is 1. The van der Waals surface area contributed by atoms with Gasteiger partial charge in [-0.05, 0) is 28.8 Å². The fourth-order valence-electron chi connectivity index (χ4n) is 2.92. The van der Waals surface area contributed by atoms with Gasteiger partial charge < -0.3 is 9.84 Å². The van der Waals surface area contributed by atoms with Crippen molar-refractivity contribution in [3.63, 3.8) is 0 Å². The van der Waals surface area contributed by atoms with Crippen molar-refractivity contribution >= 4 is 33.5 Å². The first-order chi connectivity index (χ1) is 11.6. The number of hydrogen-bond acceptors (Lipinski definition) is 3. The highest BCUT2D eigenvalue weighted by Gasteiger charge is 2.16. The predicted molar refractivity (Wildman–Crippen MR) is 93.3 cm³/mol. The third-order valence-corrected chi connectivity index (χ3v) is 4.07. The summed E-state index contributed by atoms with van der Waals surface area (Å²) in [4.78, 5) is 22.8. The molecule has 0 fully saturated rings. The maximum Gasteiger partial charge on any atom is 0.311 e. The summed E-state index contributed by atoms with van der Waals surface area (Å²) in [6.45, 7) is 2.06. The Kier molecular flexibility index (Phi) is 4.47. The van der Waals surface area contributed by atoms with E-state index in [0.29, 0.717) is 5.75 Å². The molecule has 0 spiro atoms.